The van der Waals surface area contributed by atoms with Gasteiger partial charge in [0.25, 0.3) is 0 Å². The first-order valence-corrected chi connectivity index (χ1v) is 7.43. The van der Waals surface area contributed by atoms with Gasteiger partial charge in [0.2, 0.25) is 0 Å². The van der Waals surface area contributed by atoms with Crippen LogP contribution in [0.2, 0.25) is 0 Å². The highest BCUT2D eigenvalue weighted by molar-refractivity contribution is 9.11. The van der Waals surface area contributed by atoms with Gasteiger partial charge in [-0.2, -0.15) is 0 Å². The van der Waals surface area contributed by atoms with Gasteiger partial charge in [0.1, 0.15) is 5.65 Å². The third-order valence-corrected chi connectivity index (χ3v) is 4.14. The summed E-state index contributed by atoms with van der Waals surface area (Å²) in [6.45, 7) is 0.683. The highest BCUT2D eigenvalue weighted by Gasteiger charge is 2.05. The number of benzene rings is 1. The molecule has 5 heteroatoms. The molecule has 1 N–H and O–H groups in total. The van der Waals surface area contributed by atoms with Crippen LogP contribution in [0, 0.1) is 0 Å². The molecule has 2 aromatic heterocycles. The van der Waals surface area contributed by atoms with Crippen LogP contribution in [0.25, 0.3) is 5.65 Å². The van der Waals surface area contributed by atoms with Crippen LogP contribution in [0.15, 0.2) is 57.7 Å². The van der Waals surface area contributed by atoms with Gasteiger partial charge in [0, 0.05) is 21.3 Å². The molecule has 0 atom stereocenters. The minimum Gasteiger partial charge on any atom is -0.377 e. The molecule has 0 saturated carbocycles. The van der Waals surface area contributed by atoms with Crippen LogP contribution < -0.4 is 5.32 Å². The van der Waals surface area contributed by atoms with Gasteiger partial charge in [0.15, 0.2) is 0 Å². The Morgan fingerprint density at radius 1 is 1.05 bits per heavy atom. The normalized spacial score (nSPS) is 10.8. The van der Waals surface area contributed by atoms with Crippen molar-refractivity contribution in [3.8, 4) is 0 Å². The summed E-state index contributed by atoms with van der Waals surface area (Å²) in [5.74, 6) is 0. The predicted molar refractivity (Wildman–Crippen MR) is 84.4 cm³/mol. The van der Waals surface area contributed by atoms with E-state index in [0.717, 1.165) is 26.0 Å². The topological polar surface area (TPSA) is 29.3 Å². The summed E-state index contributed by atoms with van der Waals surface area (Å²) >= 11 is 7.07. The lowest BCUT2D eigenvalue weighted by Crippen LogP contribution is -2.01. The van der Waals surface area contributed by atoms with Crippen molar-refractivity contribution in [1.82, 2.24) is 9.38 Å². The maximum atomic E-state index is 4.56. The summed E-state index contributed by atoms with van der Waals surface area (Å²) in [4.78, 5) is 4.56. The van der Waals surface area contributed by atoms with Gasteiger partial charge in [-0.05, 0) is 56.1 Å². The Hall–Kier alpha value is -1.33. The van der Waals surface area contributed by atoms with E-state index >= 15 is 0 Å². The molecule has 0 aliphatic heterocycles. The van der Waals surface area contributed by atoms with Crippen LogP contribution in [0.5, 0.6) is 0 Å². The molecule has 0 amide bonds. The fourth-order valence-electron chi connectivity index (χ4n) is 1.92. The molecule has 96 valence electrons. The van der Waals surface area contributed by atoms with Gasteiger partial charge >= 0.3 is 0 Å². The van der Waals surface area contributed by atoms with Gasteiger partial charge < -0.3 is 9.72 Å². The molecule has 1 aromatic carbocycles. The Labute approximate surface area is 127 Å². The second kappa shape index (κ2) is 5.35. The van der Waals surface area contributed by atoms with E-state index in [4.69, 9.17) is 0 Å². The van der Waals surface area contributed by atoms with E-state index in [2.05, 4.69) is 42.2 Å². The van der Waals surface area contributed by atoms with Crippen molar-refractivity contribution in [2.24, 2.45) is 0 Å². The first-order valence-electron chi connectivity index (χ1n) is 5.84. The Kier molecular flexibility index (Phi) is 3.57. The third kappa shape index (κ3) is 2.67. The average molecular weight is 381 g/mol. The maximum absolute atomic E-state index is 4.56. The zero-order chi connectivity index (χ0) is 13.2. The number of nitrogens with zero attached hydrogens (tertiary/aromatic N) is 2. The van der Waals surface area contributed by atoms with Crippen molar-refractivity contribution in [1.29, 1.82) is 0 Å². The molecule has 0 aliphatic carbocycles. The molecule has 0 unspecified atom stereocenters. The van der Waals surface area contributed by atoms with Crippen LogP contribution in [0.1, 0.15) is 5.69 Å². The Morgan fingerprint density at radius 2 is 1.84 bits per heavy atom. The lowest BCUT2D eigenvalue weighted by molar-refractivity contribution is 1.07. The first-order chi connectivity index (χ1) is 9.24. The number of fused-ring (bicyclic) bond motifs is 1. The van der Waals surface area contributed by atoms with Crippen molar-refractivity contribution in [3.63, 3.8) is 0 Å². The Morgan fingerprint density at radius 3 is 2.58 bits per heavy atom. The van der Waals surface area contributed by atoms with E-state index in [1.54, 1.807) is 0 Å². The smallest absolute Gasteiger partial charge is 0.137 e. The van der Waals surface area contributed by atoms with E-state index in [-0.39, 0.29) is 0 Å². The molecule has 19 heavy (non-hydrogen) atoms. The molecule has 0 saturated heterocycles. The number of nitrogens with one attached hydrogen (secondary N) is 1. The van der Waals surface area contributed by atoms with Crippen molar-refractivity contribution >= 4 is 43.2 Å². The number of aromatic nitrogens is 2. The summed E-state index contributed by atoms with van der Waals surface area (Å²) in [5.41, 5.74) is 3.01. The molecule has 0 aliphatic rings. The van der Waals surface area contributed by atoms with Gasteiger partial charge in [-0.25, -0.2) is 4.98 Å². The van der Waals surface area contributed by atoms with Crippen LogP contribution >= 0.6 is 31.9 Å². The fourth-order valence-corrected chi connectivity index (χ4v) is 3.20. The summed E-state index contributed by atoms with van der Waals surface area (Å²) in [5, 5.41) is 3.39. The van der Waals surface area contributed by atoms with Crippen LogP contribution in [0.3, 0.4) is 0 Å². The molecular weight excluding hydrogens is 370 g/mol. The van der Waals surface area contributed by atoms with Gasteiger partial charge in [0.05, 0.1) is 17.9 Å². The number of anilines is 1. The zero-order valence-corrected chi connectivity index (χ0v) is 13.1. The number of imidazole rings is 1. The van der Waals surface area contributed by atoms with E-state index < -0.39 is 0 Å². The highest BCUT2D eigenvalue weighted by Crippen LogP contribution is 2.30. The molecule has 0 bridgehead atoms. The van der Waals surface area contributed by atoms with E-state index in [1.165, 1.54) is 0 Å². The first kappa shape index (κ1) is 12.7. The van der Waals surface area contributed by atoms with Crippen LogP contribution in [-0.4, -0.2) is 9.38 Å². The van der Waals surface area contributed by atoms with Gasteiger partial charge in [-0.3, -0.25) is 0 Å². The summed E-state index contributed by atoms with van der Waals surface area (Å²) in [6.07, 6.45) is 4.03. The molecule has 3 aromatic rings. The Bertz CT molecular complexity index is 668. The number of pyridine rings is 1. The SMILES string of the molecule is Brc1cccc(Br)c1NCc1cn2ccccc2n1. The standard InChI is InChI=1S/C14H11Br2N3/c15-11-4-3-5-12(16)14(11)17-8-10-9-19-7-2-1-6-13(19)18-10/h1-7,9,17H,8H2. The number of para-hydroxylation sites is 1. The largest absolute Gasteiger partial charge is 0.377 e. The monoisotopic (exact) mass is 379 g/mol. The second-order valence-electron chi connectivity index (χ2n) is 4.15. The van der Waals surface area contributed by atoms with E-state index in [9.17, 15) is 0 Å². The molecule has 0 radical (unpaired) electrons. The second-order valence-corrected chi connectivity index (χ2v) is 5.86. The summed E-state index contributed by atoms with van der Waals surface area (Å²) < 4.78 is 4.09. The molecule has 0 spiro atoms. The van der Waals surface area contributed by atoms with E-state index in [1.807, 2.05) is 53.2 Å². The minimum atomic E-state index is 0.683. The van der Waals surface area contributed by atoms with Crippen molar-refractivity contribution in [3.05, 3.63) is 63.4 Å². The minimum absolute atomic E-state index is 0.683. The third-order valence-electron chi connectivity index (χ3n) is 2.82. The molecule has 3 rings (SSSR count). The maximum Gasteiger partial charge on any atom is 0.137 e. The zero-order valence-electron chi connectivity index (χ0n) is 9.98. The highest BCUT2D eigenvalue weighted by atomic mass is 79.9. The number of hydrogen-bond acceptors (Lipinski definition) is 2. The lowest BCUT2D eigenvalue weighted by atomic mass is 10.3. The van der Waals surface area contributed by atoms with E-state index in [0.29, 0.717) is 6.54 Å². The molecule has 2 heterocycles. The lowest BCUT2D eigenvalue weighted by Gasteiger charge is -2.08. The number of halogens is 2. The number of rotatable bonds is 3. The predicted octanol–water partition coefficient (Wildman–Crippen LogP) is 4.47. The quantitative estimate of drug-likeness (QED) is 0.726. The van der Waals surface area contributed by atoms with Crippen LogP contribution in [0.4, 0.5) is 5.69 Å². The van der Waals surface area contributed by atoms with Crippen molar-refractivity contribution in [2.45, 2.75) is 6.54 Å². The van der Waals surface area contributed by atoms with Crippen molar-refractivity contribution < 1.29 is 0 Å². The van der Waals surface area contributed by atoms with Gasteiger partial charge in [-0.15, -0.1) is 0 Å². The Balaban J connectivity index is 1.82. The summed E-state index contributed by atoms with van der Waals surface area (Å²) in [7, 11) is 0. The molecule has 3 nitrogen and oxygen atoms in total. The summed E-state index contributed by atoms with van der Waals surface area (Å²) in [6, 6.07) is 12.0. The number of hydrogen-bond donors (Lipinski definition) is 1. The fraction of sp³-hybridized carbons (Fsp3) is 0.0714. The molecular formula is C14H11Br2N3. The van der Waals surface area contributed by atoms with Crippen LogP contribution in [-0.2, 0) is 6.54 Å². The molecule has 0 fully saturated rings. The van der Waals surface area contributed by atoms with Gasteiger partial charge in [-0.1, -0.05) is 12.1 Å². The van der Waals surface area contributed by atoms with Crippen molar-refractivity contribution in [2.75, 3.05) is 5.32 Å². The average Bonchev–Trinajstić information content (AvgIpc) is 2.81.